The van der Waals surface area contributed by atoms with Crippen molar-refractivity contribution < 1.29 is 28.9 Å². The minimum atomic E-state index is -1.34. The quantitative estimate of drug-likeness (QED) is 0.629. The topological polar surface area (TPSA) is 93.4 Å². The van der Waals surface area contributed by atoms with E-state index in [2.05, 4.69) is 0 Å². The summed E-state index contributed by atoms with van der Waals surface area (Å²) in [7, 11) is 1.30. The molecule has 7 nitrogen and oxygen atoms in total. The van der Waals surface area contributed by atoms with E-state index in [4.69, 9.17) is 9.15 Å². The third-order valence-electron chi connectivity index (χ3n) is 5.72. The first-order valence-corrected chi connectivity index (χ1v) is 8.94. The number of methoxy groups -OCH3 is 1. The summed E-state index contributed by atoms with van der Waals surface area (Å²) in [6.07, 6.45) is 1.53. The van der Waals surface area contributed by atoms with Crippen molar-refractivity contribution in [3.63, 3.8) is 0 Å². The summed E-state index contributed by atoms with van der Waals surface area (Å²) in [6, 6.07) is 12.1. The Morgan fingerprint density at radius 3 is 2.52 bits per heavy atom. The summed E-state index contributed by atoms with van der Waals surface area (Å²) in [5.74, 6) is -2.14. The molecule has 0 aliphatic carbocycles. The number of amides is 2. The van der Waals surface area contributed by atoms with Crippen LogP contribution in [0.3, 0.4) is 0 Å². The van der Waals surface area contributed by atoms with Crippen LogP contribution in [-0.4, -0.2) is 36.3 Å². The van der Waals surface area contributed by atoms with Gasteiger partial charge in [-0.05, 0) is 19.1 Å². The van der Waals surface area contributed by atoms with Gasteiger partial charge in [0.05, 0.1) is 13.4 Å². The Hall–Kier alpha value is -2.93. The van der Waals surface area contributed by atoms with Crippen molar-refractivity contribution >= 4 is 17.8 Å². The summed E-state index contributed by atoms with van der Waals surface area (Å²) in [6.45, 7) is 2.02. The highest BCUT2D eigenvalue weighted by Crippen LogP contribution is 2.48. The molecular weight excluding hydrogens is 348 g/mol. The molecule has 1 aromatic heterocycles. The minimum Gasteiger partial charge on any atom is -0.464 e. The monoisotopic (exact) mass is 369 g/mol. The van der Waals surface area contributed by atoms with Crippen LogP contribution in [0.4, 0.5) is 0 Å². The van der Waals surface area contributed by atoms with Crippen molar-refractivity contribution in [2.75, 3.05) is 13.7 Å². The highest BCUT2D eigenvalue weighted by molar-refractivity contribution is 6.08. The van der Waals surface area contributed by atoms with Gasteiger partial charge in [-0.2, -0.15) is 0 Å². The van der Waals surface area contributed by atoms with Gasteiger partial charge in [-0.3, -0.25) is 14.5 Å². The van der Waals surface area contributed by atoms with E-state index < -0.39 is 29.4 Å². The molecule has 2 amide bonds. The van der Waals surface area contributed by atoms with Gasteiger partial charge in [0.1, 0.15) is 11.8 Å². The SMILES string of the molecule is CCN1C(=O)[C@@H]2[C@@H](C1=O)[C@@](C(=O)OC)(c1ccccc1)[NH2+][C@H]2c1ccco1. The van der Waals surface area contributed by atoms with Gasteiger partial charge >= 0.3 is 5.97 Å². The van der Waals surface area contributed by atoms with E-state index in [9.17, 15) is 14.4 Å². The number of fused-ring (bicyclic) bond motifs is 1. The van der Waals surface area contributed by atoms with Crippen LogP contribution in [0.25, 0.3) is 0 Å². The van der Waals surface area contributed by atoms with E-state index in [0.29, 0.717) is 11.3 Å². The van der Waals surface area contributed by atoms with Crippen LogP contribution >= 0.6 is 0 Å². The zero-order valence-electron chi connectivity index (χ0n) is 15.1. The number of furan rings is 1. The van der Waals surface area contributed by atoms with Gasteiger partial charge in [0.2, 0.25) is 17.4 Å². The molecule has 1 aromatic carbocycles. The highest BCUT2D eigenvalue weighted by atomic mass is 16.5. The van der Waals surface area contributed by atoms with Gasteiger partial charge in [0.15, 0.2) is 11.8 Å². The van der Waals surface area contributed by atoms with E-state index in [0.717, 1.165) is 0 Å². The maximum atomic E-state index is 13.2. The van der Waals surface area contributed by atoms with Crippen molar-refractivity contribution in [1.29, 1.82) is 0 Å². The number of imide groups is 1. The number of nitrogens with zero attached hydrogens (tertiary/aromatic N) is 1. The summed E-state index contributed by atoms with van der Waals surface area (Å²) >= 11 is 0. The van der Waals surface area contributed by atoms with Crippen LogP contribution in [0, 0.1) is 11.8 Å². The summed E-state index contributed by atoms with van der Waals surface area (Å²) in [5.41, 5.74) is -0.700. The van der Waals surface area contributed by atoms with Crippen molar-refractivity contribution in [3.05, 3.63) is 60.1 Å². The number of carbonyl (C=O) groups excluding carboxylic acids is 3. The number of carbonyl (C=O) groups is 3. The smallest absolute Gasteiger partial charge is 0.373 e. The molecule has 140 valence electrons. The van der Waals surface area contributed by atoms with Crippen molar-refractivity contribution in [1.82, 2.24) is 4.90 Å². The van der Waals surface area contributed by atoms with E-state index >= 15 is 0 Å². The molecule has 2 saturated heterocycles. The molecule has 0 bridgehead atoms. The van der Waals surface area contributed by atoms with Gasteiger partial charge in [0.25, 0.3) is 0 Å². The second-order valence-electron chi connectivity index (χ2n) is 6.86. The number of quaternary nitrogens is 1. The number of hydrogen-bond acceptors (Lipinski definition) is 5. The first-order valence-electron chi connectivity index (χ1n) is 8.94. The second kappa shape index (κ2) is 6.35. The molecule has 2 fully saturated rings. The average Bonchev–Trinajstić information content (AvgIpc) is 3.39. The van der Waals surface area contributed by atoms with Crippen LogP contribution < -0.4 is 5.32 Å². The lowest BCUT2D eigenvalue weighted by Crippen LogP contribution is -2.96. The molecule has 0 saturated carbocycles. The molecule has 7 heteroatoms. The van der Waals surface area contributed by atoms with Crippen molar-refractivity contribution in [3.8, 4) is 0 Å². The normalized spacial score (nSPS) is 29.9. The fourth-order valence-corrected chi connectivity index (χ4v) is 4.61. The van der Waals surface area contributed by atoms with Crippen LogP contribution in [-0.2, 0) is 24.7 Å². The first-order chi connectivity index (χ1) is 13.1. The second-order valence-corrected chi connectivity index (χ2v) is 6.86. The van der Waals surface area contributed by atoms with E-state index in [1.807, 2.05) is 18.2 Å². The molecule has 27 heavy (non-hydrogen) atoms. The van der Waals surface area contributed by atoms with Crippen LogP contribution in [0.2, 0.25) is 0 Å². The molecule has 0 unspecified atom stereocenters. The third-order valence-corrected chi connectivity index (χ3v) is 5.72. The third kappa shape index (κ3) is 2.28. The molecule has 2 aliphatic rings. The molecule has 2 N–H and O–H groups in total. The molecule has 4 atom stereocenters. The molecule has 3 heterocycles. The van der Waals surface area contributed by atoms with Gasteiger partial charge in [-0.25, -0.2) is 4.79 Å². The summed E-state index contributed by atoms with van der Waals surface area (Å²) < 4.78 is 10.7. The van der Waals surface area contributed by atoms with Gasteiger partial charge in [-0.15, -0.1) is 0 Å². The Bertz CT molecular complexity index is 879. The number of rotatable bonds is 4. The number of nitrogens with two attached hydrogens (primary N) is 1. The lowest BCUT2D eigenvalue weighted by molar-refractivity contribution is -0.743. The fraction of sp³-hybridized carbons (Fsp3) is 0.350. The molecule has 2 aliphatic heterocycles. The number of ether oxygens (including phenoxy) is 1. The largest absolute Gasteiger partial charge is 0.464 e. The standard InChI is InChI=1S/C20H20N2O5/c1-3-22-17(23)14-15(18(22)24)20(19(25)26-2,12-8-5-4-6-9-12)21-16(14)13-10-7-11-27-13/h4-11,14-16,21H,3H2,1-2H3/p+1/t14-,15+,16+,20-/m1/s1. The van der Waals surface area contributed by atoms with Gasteiger partial charge in [-0.1, -0.05) is 30.3 Å². The fourth-order valence-electron chi connectivity index (χ4n) is 4.61. The Kier molecular flexibility index (Phi) is 4.11. The maximum Gasteiger partial charge on any atom is 0.373 e. The Labute approximate surface area is 156 Å². The highest BCUT2D eigenvalue weighted by Gasteiger charge is 2.73. The zero-order chi connectivity index (χ0) is 19.2. The molecular formula is C20H21N2O5+. The lowest BCUT2D eigenvalue weighted by atomic mass is 9.75. The predicted octanol–water partition coefficient (Wildman–Crippen LogP) is 0.587. The maximum absolute atomic E-state index is 13.2. The van der Waals surface area contributed by atoms with Crippen LogP contribution in [0.1, 0.15) is 24.3 Å². The van der Waals surface area contributed by atoms with Crippen molar-refractivity contribution in [2.45, 2.75) is 18.5 Å². The molecule has 2 aromatic rings. The van der Waals surface area contributed by atoms with Crippen LogP contribution in [0.15, 0.2) is 53.1 Å². The zero-order valence-corrected chi connectivity index (χ0v) is 15.1. The summed E-state index contributed by atoms with van der Waals surface area (Å²) in [4.78, 5) is 40.6. The average molecular weight is 369 g/mol. The summed E-state index contributed by atoms with van der Waals surface area (Å²) in [5, 5.41) is 1.77. The van der Waals surface area contributed by atoms with Gasteiger partial charge in [0, 0.05) is 12.1 Å². The lowest BCUT2D eigenvalue weighted by Gasteiger charge is -2.29. The van der Waals surface area contributed by atoms with Crippen molar-refractivity contribution in [2.24, 2.45) is 11.8 Å². The van der Waals surface area contributed by atoms with Gasteiger partial charge < -0.3 is 14.5 Å². The Balaban J connectivity index is 1.95. The minimum absolute atomic E-state index is 0.265. The Morgan fingerprint density at radius 1 is 1.19 bits per heavy atom. The van der Waals surface area contributed by atoms with E-state index in [1.165, 1.54) is 18.3 Å². The number of hydrogen-bond donors (Lipinski definition) is 1. The number of esters is 1. The predicted molar refractivity (Wildman–Crippen MR) is 92.9 cm³/mol. The van der Waals surface area contributed by atoms with E-state index in [1.54, 1.807) is 36.5 Å². The molecule has 4 rings (SSSR count). The Morgan fingerprint density at radius 2 is 1.93 bits per heavy atom. The number of likely N-dealkylation sites (tertiary alicyclic amines) is 1. The first kappa shape index (κ1) is 17.5. The van der Waals surface area contributed by atoms with E-state index in [-0.39, 0.29) is 18.4 Å². The molecule has 0 radical (unpaired) electrons. The number of benzene rings is 1. The molecule has 0 spiro atoms. The van der Waals surface area contributed by atoms with Crippen LogP contribution in [0.5, 0.6) is 0 Å².